The summed E-state index contributed by atoms with van der Waals surface area (Å²) in [6, 6.07) is 2.59. The van der Waals surface area contributed by atoms with Crippen molar-refractivity contribution in [1.82, 2.24) is 10.6 Å². The number of carbonyl (C=O) groups is 1. The first-order valence-corrected chi connectivity index (χ1v) is 6.91. The first-order valence-electron chi connectivity index (χ1n) is 5.74. The number of amides is 1. The van der Waals surface area contributed by atoms with Crippen molar-refractivity contribution in [2.75, 3.05) is 13.1 Å². The van der Waals surface area contributed by atoms with E-state index in [1.165, 1.54) is 12.1 Å². The molecule has 3 nitrogen and oxygen atoms in total. The van der Waals surface area contributed by atoms with E-state index in [0.717, 1.165) is 25.9 Å². The van der Waals surface area contributed by atoms with Crippen LogP contribution in [0.15, 0.2) is 16.6 Å². The second-order valence-electron chi connectivity index (χ2n) is 4.26. The van der Waals surface area contributed by atoms with Crippen molar-refractivity contribution in [3.8, 4) is 0 Å². The molecule has 2 rings (SSSR count). The average Bonchev–Trinajstić information content (AvgIpc) is 2.35. The molecular formula is C12H13BrClFN2O. The molecule has 2 N–H and O–H groups in total. The number of hydrogen-bond donors (Lipinski definition) is 2. The third-order valence-electron chi connectivity index (χ3n) is 2.89. The van der Waals surface area contributed by atoms with Gasteiger partial charge in [-0.25, -0.2) is 4.39 Å². The maximum absolute atomic E-state index is 13.7. The van der Waals surface area contributed by atoms with Gasteiger partial charge in [-0.3, -0.25) is 4.79 Å². The Bertz CT molecular complexity index is 464. The van der Waals surface area contributed by atoms with Gasteiger partial charge in [0.2, 0.25) is 0 Å². The molecule has 1 aliphatic heterocycles. The highest BCUT2D eigenvalue weighted by molar-refractivity contribution is 9.10. The molecule has 0 saturated carbocycles. The van der Waals surface area contributed by atoms with Crippen molar-refractivity contribution in [3.63, 3.8) is 0 Å². The highest BCUT2D eigenvalue weighted by atomic mass is 79.9. The molecule has 0 aliphatic carbocycles. The van der Waals surface area contributed by atoms with Crippen LogP contribution in [-0.2, 0) is 0 Å². The van der Waals surface area contributed by atoms with Gasteiger partial charge in [-0.15, -0.1) is 0 Å². The van der Waals surface area contributed by atoms with Crippen LogP contribution in [0.1, 0.15) is 23.2 Å². The number of rotatable bonds is 2. The third-order valence-corrected chi connectivity index (χ3v) is 4.08. The topological polar surface area (TPSA) is 41.1 Å². The van der Waals surface area contributed by atoms with Crippen molar-refractivity contribution < 1.29 is 9.18 Å². The van der Waals surface area contributed by atoms with Crippen LogP contribution < -0.4 is 10.6 Å². The summed E-state index contributed by atoms with van der Waals surface area (Å²) in [5.41, 5.74) is -0.0197. The number of benzene rings is 1. The van der Waals surface area contributed by atoms with Crippen LogP contribution in [0.4, 0.5) is 4.39 Å². The zero-order valence-electron chi connectivity index (χ0n) is 9.60. The lowest BCUT2D eigenvalue weighted by Crippen LogP contribution is -2.45. The third kappa shape index (κ3) is 3.22. The van der Waals surface area contributed by atoms with Crippen LogP contribution in [-0.4, -0.2) is 25.0 Å². The van der Waals surface area contributed by atoms with Gasteiger partial charge >= 0.3 is 0 Å². The fourth-order valence-electron chi connectivity index (χ4n) is 1.93. The van der Waals surface area contributed by atoms with E-state index >= 15 is 0 Å². The Labute approximate surface area is 118 Å². The van der Waals surface area contributed by atoms with E-state index < -0.39 is 11.7 Å². The lowest BCUT2D eigenvalue weighted by Gasteiger charge is -2.23. The minimum absolute atomic E-state index is 0.0197. The van der Waals surface area contributed by atoms with Crippen molar-refractivity contribution in [1.29, 1.82) is 0 Å². The first kappa shape index (κ1) is 13.8. The number of hydrogen-bond acceptors (Lipinski definition) is 2. The minimum atomic E-state index is -0.576. The van der Waals surface area contributed by atoms with E-state index in [1.54, 1.807) is 0 Å². The van der Waals surface area contributed by atoms with E-state index in [4.69, 9.17) is 11.6 Å². The molecule has 0 spiro atoms. The van der Waals surface area contributed by atoms with Gasteiger partial charge in [0.15, 0.2) is 0 Å². The molecule has 0 aromatic heterocycles. The highest BCUT2D eigenvalue weighted by Gasteiger charge is 2.19. The van der Waals surface area contributed by atoms with E-state index in [1.807, 2.05) is 0 Å². The van der Waals surface area contributed by atoms with E-state index in [2.05, 4.69) is 26.6 Å². The molecule has 0 radical (unpaired) electrons. The summed E-state index contributed by atoms with van der Waals surface area (Å²) in [5.74, 6) is -0.997. The van der Waals surface area contributed by atoms with Crippen molar-refractivity contribution in [2.45, 2.75) is 18.9 Å². The van der Waals surface area contributed by atoms with Crippen LogP contribution in [0.2, 0.25) is 5.02 Å². The van der Waals surface area contributed by atoms with Crippen LogP contribution in [0, 0.1) is 5.82 Å². The van der Waals surface area contributed by atoms with Gasteiger partial charge in [0.25, 0.3) is 5.91 Å². The normalized spacial score (nSPS) is 19.6. The van der Waals surface area contributed by atoms with Crippen LogP contribution >= 0.6 is 27.5 Å². The SMILES string of the molecule is O=C(N[C@H]1CCCNC1)c1cc(Cl)c(Br)cc1F. The summed E-state index contributed by atoms with van der Waals surface area (Å²) in [4.78, 5) is 11.9. The molecule has 1 fully saturated rings. The van der Waals surface area contributed by atoms with Crippen LogP contribution in [0.3, 0.4) is 0 Å². The summed E-state index contributed by atoms with van der Waals surface area (Å²) in [6.45, 7) is 1.68. The Hall–Kier alpha value is -0.650. The molecule has 1 heterocycles. The number of halogens is 3. The second kappa shape index (κ2) is 5.99. The molecule has 1 aromatic rings. The maximum atomic E-state index is 13.7. The smallest absolute Gasteiger partial charge is 0.254 e. The van der Waals surface area contributed by atoms with Crippen molar-refractivity contribution in [3.05, 3.63) is 33.0 Å². The number of carbonyl (C=O) groups excluding carboxylic acids is 1. The average molecular weight is 336 g/mol. The molecule has 0 unspecified atom stereocenters. The van der Waals surface area contributed by atoms with Crippen molar-refractivity contribution in [2.24, 2.45) is 0 Å². The molecule has 6 heteroatoms. The zero-order valence-corrected chi connectivity index (χ0v) is 11.9. The molecular weight excluding hydrogens is 322 g/mol. The Kier molecular flexibility index (Phi) is 4.59. The van der Waals surface area contributed by atoms with E-state index in [9.17, 15) is 9.18 Å². The Morgan fingerprint density at radius 3 is 3.00 bits per heavy atom. The Balaban J connectivity index is 2.10. The van der Waals surface area contributed by atoms with Gasteiger partial charge in [-0.05, 0) is 47.4 Å². The van der Waals surface area contributed by atoms with Crippen LogP contribution in [0.25, 0.3) is 0 Å². The summed E-state index contributed by atoms with van der Waals surface area (Å²) in [6.07, 6.45) is 1.92. The predicted octanol–water partition coefficient (Wildman–Crippen LogP) is 2.72. The number of nitrogens with one attached hydrogen (secondary N) is 2. The summed E-state index contributed by atoms with van der Waals surface area (Å²) in [7, 11) is 0. The molecule has 1 aliphatic rings. The van der Waals surface area contributed by atoms with Gasteiger partial charge < -0.3 is 10.6 Å². The fourth-order valence-corrected chi connectivity index (χ4v) is 2.41. The minimum Gasteiger partial charge on any atom is -0.348 e. The van der Waals surface area contributed by atoms with Gasteiger partial charge in [0, 0.05) is 17.1 Å². The molecule has 1 aromatic carbocycles. The lowest BCUT2D eigenvalue weighted by atomic mass is 10.1. The zero-order chi connectivity index (χ0) is 13.1. The highest BCUT2D eigenvalue weighted by Crippen LogP contribution is 2.25. The monoisotopic (exact) mass is 334 g/mol. The van der Waals surface area contributed by atoms with Crippen molar-refractivity contribution >= 4 is 33.4 Å². The van der Waals surface area contributed by atoms with E-state index in [-0.39, 0.29) is 11.6 Å². The fraction of sp³-hybridized carbons (Fsp3) is 0.417. The van der Waals surface area contributed by atoms with Crippen LogP contribution in [0.5, 0.6) is 0 Å². The summed E-state index contributed by atoms with van der Waals surface area (Å²) in [5, 5.41) is 6.31. The van der Waals surface area contributed by atoms with Gasteiger partial charge in [0.05, 0.1) is 10.6 Å². The Morgan fingerprint density at radius 1 is 1.56 bits per heavy atom. The summed E-state index contributed by atoms with van der Waals surface area (Å²) >= 11 is 8.98. The van der Waals surface area contributed by atoms with E-state index in [0.29, 0.717) is 9.50 Å². The Morgan fingerprint density at radius 2 is 2.33 bits per heavy atom. The first-order chi connectivity index (χ1) is 8.58. The van der Waals surface area contributed by atoms with Gasteiger partial charge in [-0.1, -0.05) is 11.6 Å². The molecule has 1 saturated heterocycles. The number of piperidine rings is 1. The second-order valence-corrected chi connectivity index (χ2v) is 5.52. The van der Waals surface area contributed by atoms with Gasteiger partial charge in [0.1, 0.15) is 5.82 Å². The van der Waals surface area contributed by atoms with Gasteiger partial charge in [-0.2, -0.15) is 0 Å². The maximum Gasteiger partial charge on any atom is 0.254 e. The standard InChI is InChI=1S/C12H13BrClFN2O/c13-9-5-11(15)8(4-10(9)14)12(18)17-7-2-1-3-16-6-7/h4-5,7,16H,1-3,6H2,(H,17,18)/t7-/m0/s1. The molecule has 18 heavy (non-hydrogen) atoms. The lowest BCUT2D eigenvalue weighted by molar-refractivity contribution is 0.0926. The molecule has 1 atom stereocenters. The molecule has 0 bridgehead atoms. The molecule has 98 valence electrons. The predicted molar refractivity (Wildman–Crippen MR) is 72.5 cm³/mol. The molecule has 1 amide bonds. The largest absolute Gasteiger partial charge is 0.348 e. The quantitative estimate of drug-likeness (QED) is 0.816. The summed E-state index contributed by atoms with van der Waals surface area (Å²) < 4.78 is 14.1.